The van der Waals surface area contributed by atoms with E-state index in [1.165, 1.54) is 5.56 Å². The highest BCUT2D eigenvalue weighted by atomic mass is 79.9. The second kappa shape index (κ2) is 7.53. The third-order valence-electron chi connectivity index (χ3n) is 3.65. The molecular formula is C17H25BrN2O3. The minimum Gasteiger partial charge on any atom is -0.496 e. The quantitative estimate of drug-likeness (QED) is 0.861. The van der Waals surface area contributed by atoms with E-state index in [4.69, 9.17) is 9.47 Å². The summed E-state index contributed by atoms with van der Waals surface area (Å²) >= 11 is 3.60. The second-order valence-corrected chi connectivity index (χ2v) is 7.59. The van der Waals surface area contributed by atoms with E-state index >= 15 is 0 Å². The van der Waals surface area contributed by atoms with Crippen molar-refractivity contribution in [2.24, 2.45) is 0 Å². The van der Waals surface area contributed by atoms with Crippen LogP contribution in [0.15, 0.2) is 22.7 Å². The maximum atomic E-state index is 11.8. The number of alkyl carbamates (subject to hydrolysis) is 1. The van der Waals surface area contributed by atoms with Gasteiger partial charge in [-0.05, 0) is 54.8 Å². The van der Waals surface area contributed by atoms with Crippen molar-refractivity contribution < 1.29 is 14.3 Å². The van der Waals surface area contributed by atoms with Gasteiger partial charge in [-0.25, -0.2) is 4.79 Å². The first-order chi connectivity index (χ1) is 10.8. The molecule has 1 aliphatic heterocycles. The van der Waals surface area contributed by atoms with E-state index in [0.29, 0.717) is 0 Å². The number of carbonyl (C=O) groups excluding carboxylic acids is 1. The van der Waals surface area contributed by atoms with Crippen molar-refractivity contribution >= 4 is 22.0 Å². The van der Waals surface area contributed by atoms with Crippen LogP contribution in [-0.2, 0) is 11.3 Å². The molecule has 23 heavy (non-hydrogen) atoms. The first kappa shape index (κ1) is 18.1. The molecule has 1 fully saturated rings. The summed E-state index contributed by atoms with van der Waals surface area (Å²) in [7, 11) is 1.67. The summed E-state index contributed by atoms with van der Waals surface area (Å²) in [4.78, 5) is 14.2. The highest BCUT2D eigenvalue weighted by molar-refractivity contribution is 9.10. The van der Waals surface area contributed by atoms with E-state index in [0.717, 1.165) is 36.3 Å². The van der Waals surface area contributed by atoms with Gasteiger partial charge in [0.2, 0.25) is 0 Å². The average molecular weight is 385 g/mol. The van der Waals surface area contributed by atoms with Gasteiger partial charge in [0.1, 0.15) is 11.4 Å². The summed E-state index contributed by atoms with van der Waals surface area (Å²) in [5, 5.41) is 2.95. The second-order valence-electron chi connectivity index (χ2n) is 6.80. The van der Waals surface area contributed by atoms with Gasteiger partial charge in [-0.15, -0.1) is 0 Å². The molecule has 0 aliphatic carbocycles. The Hall–Kier alpha value is -1.27. The van der Waals surface area contributed by atoms with Crippen molar-refractivity contribution in [3.05, 3.63) is 28.2 Å². The van der Waals surface area contributed by atoms with Crippen molar-refractivity contribution in [3.63, 3.8) is 0 Å². The lowest BCUT2D eigenvalue weighted by molar-refractivity contribution is 0.0506. The van der Waals surface area contributed by atoms with Crippen LogP contribution in [0, 0.1) is 0 Å². The fourth-order valence-electron chi connectivity index (χ4n) is 2.65. The monoisotopic (exact) mass is 384 g/mol. The number of halogens is 1. The van der Waals surface area contributed by atoms with Crippen LogP contribution in [0.25, 0.3) is 0 Å². The smallest absolute Gasteiger partial charge is 0.407 e. The van der Waals surface area contributed by atoms with Crippen LogP contribution in [0.3, 0.4) is 0 Å². The maximum absolute atomic E-state index is 11.8. The Balaban J connectivity index is 1.87. The van der Waals surface area contributed by atoms with E-state index < -0.39 is 5.60 Å². The molecule has 1 saturated heterocycles. The molecule has 1 aromatic rings. The van der Waals surface area contributed by atoms with E-state index in [-0.39, 0.29) is 12.1 Å². The number of benzene rings is 1. The number of ether oxygens (including phenoxy) is 2. The van der Waals surface area contributed by atoms with Crippen LogP contribution >= 0.6 is 15.9 Å². The van der Waals surface area contributed by atoms with E-state index in [9.17, 15) is 4.79 Å². The highest BCUT2D eigenvalue weighted by Crippen LogP contribution is 2.29. The van der Waals surface area contributed by atoms with Crippen molar-refractivity contribution in [2.75, 3.05) is 20.2 Å². The third-order valence-corrected chi connectivity index (χ3v) is 4.55. The molecule has 0 aromatic heterocycles. The summed E-state index contributed by atoms with van der Waals surface area (Å²) in [5.74, 6) is 0.838. The highest BCUT2D eigenvalue weighted by Gasteiger charge is 2.26. The lowest BCUT2D eigenvalue weighted by Gasteiger charge is -2.22. The maximum Gasteiger partial charge on any atom is 0.407 e. The number of hydrogen-bond donors (Lipinski definition) is 1. The Morgan fingerprint density at radius 3 is 2.83 bits per heavy atom. The van der Waals surface area contributed by atoms with E-state index in [1.54, 1.807) is 7.11 Å². The number of hydrogen-bond acceptors (Lipinski definition) is 4. The molecule has 0 bridgehead atoms. The number of amides is 1. The minimum atomic E-state index is -0.464. The Bertz CT molecular complexity index is 557. The van der Waals surface area contributed by atoms with Crippen molar-refractivity contribution in [1.82, 2.24) is 10.2 Å². The van der Waals surface area contributed by atoms with Gasteiger partial charge in [0.25, 0.3) is 0 Å². The zero-order valence-electron chi connectivity index (χ0n) is 14.2. The molecule has 0 spiro atoms. The minimum absolute atomic E-state index is 0.134. The predicted molar refractivity (Wildman–Crippen MR) is 93.7 cm³/mol. The molecule has 1 amide bonds. The third kappa shape index (κ3) is 5.39. The van der Waals surface area contributed by atoms with Crippen molar-refractivity contribution in [2.45, 2.75) is 45.4 Å². The molecule has 1 N–H and O–H groups in total. The zero-order valence-corrected chi connectivity index (χ0v) is 15.8. The molecule has 0 saturated carbocycles. The summed E-state index contributed by atoms with van der Waals surface area (Å²) in [5.41, 5.74) is 0.718. The summed E-state index contributed by atoms with van der Waals surface area (Å²) < 4.78 is 11.6. The Morgan fingerprint density at radius 1 is 1.43 bits per heavy atom. The summed E-state index contributed by atoms with van der Waals surface area (Å²) in [6.45, 7) is 8.20. The van der Waals surface area contributed by atoms with Crippen LogP contribution in [0.1, 0.15) is 32.8 Å². The van der Waals surface area contributed by atoms with Gasteiger partial charge >= 0.3 is 6.09 Å². The van der Waals surface area contributed by atoms with Gasteiger partial charge in [0.05, 0.1) is 11.6 Å². The zero-order chi connectivity index (χ0) is 17.0. The molecule has 5 nitrogen and oxygen atoms in total. The number of methoxy groups -OCH3 is 1. The van der Waals surface area contributed by atoms with Crippen LogP contribution in [0.4, 0.5) is 4.79 Å². The van der Waals surface area contributed by atoms with Gasteiger partial charge < -0.3 is 14.8 Å². The number of rotatable bonds is 4. The molecule has 0 radical (unpaired) electrons. The van der Waals surface area contributed by atoms with E-state index in [1.807, 2.05) is 32.9 Å². The van der Waals surface area contributed by atoms with Crippen molar-refractivity contribution in [1.29, 1.82) is 0 Å². The van der Waals surface area contributed by atoms with Crippen LogP contribution in [0.2, 0.25) is 0 Å². The molecule has 128 valence electrons. The van der Waals surface area contributed by atoms with Gasteiger partial charge in [0.15, 0.2) is 0 Å². The molecule has 6 heteroatoms. The topological polar surface area (TPSA) is 50.8 Å². The van der Waals surface area contributed by atoms with Gasteiger partial charge in [-0.1, -0.05) is 12.1 Å². The van der Waals surface area contributed by atoms with Crippen LogP contribution in [-0.4, -0.2) is 42.8 Å². The predicted octanol–water partition coefficient (Wildman–Crippen LogP) is 3.56. The fourth-order valence-corrected chi connectivity index (χ4v) is 3.20. The van der Waals surface area contributed by atoms with Gasteiger partial charge in [-0.2, -0.15) is 0 Å². The Kier molecular flexibility index (Phi) is 5.92. The average Bonchev–Trinajstić information content (AvgIpc) is 2.86. The number of nitrogens with zero attached hydrogens (tertiary/aromatic N) is 1. The van der Waals surface area contributed by atoms with Crippen molar-refractivity contribution in [3.8, 4) is 5.75 Å². The Morgan fingerprint density at radius 2 is 2.17 bits per heavy atom. The molecular weight excluding hydrogens is 360 g/mol. The molecule has 1 atom stereocenters. The van der Waals surface area contributed by atoms with Gasteiger partial charge in [-0.3, -0.25) is 4.90 Å². The largest absolute Gasteiger partial charge is 0.496 e. The number of nitrogens with one attached hydrogen (secondary N) is 1. The SMILES string of the molecule is COc1cccc(CN2CCC(NC(=O)OC(C)(C)C)C2)c1Br. The molecule has 1 heterocycles. The van der Waals surface area contributed by atoms with Gasteiger partial charge in [0, 0.05) is 25.7 Å². The number of likely N-dealkylation sites (tertiary alicyclic amines) is 1. The molecule has 2 rings (SSSR count). The van der Waals surface area contributed by atoms with Crippen LogP contribution in [0.5, 0.6) is 5.75 Å². The lowest BCUT2D eigenvalue weighted by atomic mass is 10.2. The summed E-state index contributed by atoms with van der Waals surface area (Å²) in [6.07, 6.45) is 0.591. The molecule has 1 unspecified atom stereocenters. The first-order valence-corrected chi connectivity index (χ1v) is 8.61. The Labute approximate surface area is 146 Å². The standard InChI is InChI=1S/C17H25BrN2O3/c1-17(2,3)23-16(21)19-13-8-9-20(11-13)10-12-6-5-7-14(22-4)15(12)18/h5-7,13H,8-11H2,1-4H3,(H,19,21). The lowest BCUT2D eigenvalue weighted by Crippen LogP contribution is -2.40. The summed E-state index contributed by atoms with van der Waals surface area (Å²) in [6, 6.07) is 6.14. The van der Waals surface area contributed by atoms with E-state index in [2.05, 4.69) is 32.2 Å². The molecule has 1 aromatic carbocycles. The fraction of sp³-hybridized carbons (Fsp3) is 0.588. The first-order valence-electron chi connectivity index (χ1n) is 7.82. The molecule has 1 aliphatic rings. The number of carbonyl (C=O) groups is 1. The normalized spacial score (nSPS) is 18.7. The van der Waals surface area contributed by atoms with Crippen LogP contribution < -0.4 is 10.1 Å².